The third-order valence-corrected chi connectivity index (χ3v) is 9.56. The summed E-state index contributed by atoms with van der Waals surface area (Å²) >= 11 is 0. The van der Waals surface area contributed by atoms with Crippen LogP contribution in [0.3, 0.4) is 0 Å². The van der Waals surface area contributed by atoms with E-state index in [-0.39, 0.29) is 5.82 Å². The van der Waals surface area contributed by atoms with Crippen molar-refractivity contribution in [3.63, 3.8) is 0 Å². The van der Waals surface area contributed by atoms with Crippen LogP contribution in [0.25, 0.3) is 88.1 Å². The van der Waals surface area contributed by atoms with E-state index in [1.807, 2.05) is 60.7 Å². The first kappa shape index (κ1) is 26.6. The molecule has 3 heterocycles. The van der Waals surface area contributed by atoms with Gasteiger partial charge in [0.15, 0.2) is 0 Å². The fourth-order valence-electron chi connectivity index (χ4n) is 7.53. The molecule has 48 heavy (non-hydrogen) atoms. The third-order valence-electron chi connectivity index (χ3n) is 9.56. The van der Waals surface area contributed by atoms with Gasteiger partial charge < -0.3 is 13.6 Å². The van der Waals surface area contributed by atoms with E-state index >= 15 is 0 Å². The molecule has 4 nitrogen and oxygen atoms in total. The lowest BCUT2D eigenvalue weighted by Crippen LogP contribution is -1.97. The number of rotatable bonds is 3. The lowest BCUT2D eigenvalue weighted by molar-refractivity contribution is 0.629. The molecule has 10 aromatic rings. The number of fused-ring (bicyclic) bond motifs is 10. The fourth-order valence-corrected chi connectivity index (χ4v) is 7.53. The smallest absolute Gasteiger partial charge is 0.145 e. The van der Waals surface area contributed by atoms with Crippen LogP contribution in [0.1, 0.15) is 5.56 Å². The lowest BCUT2D eigenvalue weighted by Gasteiger charge is -2.13. The van der Waals surface area contributed by atoms with Crippen molar-refractivity contribution in [2.24, 2.45) is 0 Å². The molecule has 0 fully saturated rings. The predicted octanol–water partition coefficient (Wildman–Crippen LogP) is 11.5. The van der Waals surface area contributed by atoms with Crippen LogP contribution in [0.2, 0.25) is 0 Å². The SMILES string of the molecule is N#Cc1cc(-c2cccc(-n3c4ccccc4c4c5oc6ccccc6c5ccc43)c2)cc(-n2c3ccccc3c3cc(F)ccc32)c1. The molecule has 0 aliphatic rings. The van der Waals surface area contributed by atoms with Gasteiger partial charge in [-0.25, -0.2) is 4.39 Å². The Morgan fingerprint density at radius 3 is 2.04 bits per heavy atom. The number of furan rings is 1. The molecule has 0 radical (unpaired) electrons. The Labute approximate surface area is 273 Å². The summed E-state index contributed by atoms with van der Waals surface area (Å²) in [6, 6.07) is 50.6. The zero-order valence-electron chi connectivity index (χ0n) is 25.5. The highest BCUT2D eigenvalue weighted by Gasteiger charge is 2.19. The van der Waals surface area contributed by atoms with Crippen molar-refractivity contribution in [2.45, 2.75) is 0 Å². The van der Waals surface area contributed by atoms with Crippen molar-refractivity contribution in [3.05, 3.63) is 157 Å². The van der Waals surface area contributed by atoms with Crippen molar-refractivity contribution >= 4 is 65.6 Å². The molecule has 0 bridgehead atoms. The molecule has 0 spiro atoms. The van der Waals surface area contributed by atoms with E-state index in [0.29, 0.717) is 5.56 Å². The average Bonchev–Trinajstić information content (AvgIpc) is 3.79. The standard InChI is InChI=1S/C43H24FN3O/c44-29-16-18-39-36(24-29)32-10-1-4-13-37(32)47(39)31-21-26(25-45)20-28(23-31)27-8-7-9-30(22-27)46-38-14-5-2-12-35(38)42-40(46)19-17-34-33-11-3-6-15-41(33)48-43(34)42/h1-24H. The first-order valence-electron chi connectivity index (χ1n) is 15.8. The van der Waals surface area contributed by atoms with Gasteiger partial charge in [0.25, 0.3) is 0 Å². The Balaban J connectivity index is 1.20. The topological polar surface area (TPSA) is 46.8 Å². The van der Waals surface area contributed by atoms with Crippen LogP contribution in [-0.2, 0) is 0 Å². The molecule has 10 rings (SSSR count). The van der Waals surface area contributed by atoms with Crippen LogP contribution >= 0.6 is 0 Å². The number of para-hydroxylation sites is 3. The minimum atomic E-state index is -0.278. The monoisotopic (exact) mass is 617 g/mol. The van der Waals surface area contributed by atoms with Crippen LogP contribution in [-0.4, -0.2) is 9.13 Å². The predicted molar refractivity (Wildman–Crippen MR) is 193 cm³/mol. The summed E-state index contributed by atoms with van der Waals surface area (Å²) in [6.45, 7) is 0. The molecule has 0 unspecified atom stereocenters. The molecule has 0 amide bonds. The number of nitriles is 1. The molecule has 5 heteroatoms. The summed E-state index contributed by atoms with van der Waals surface area (Å²) in [6.07, 6.45) is 0. The molecule has 0 aliphatic heterocycles. The number of benzene rings is 7. The number of aromatic nitrogens is 2. The quantitative estimate of drug-likeness (QED) is 0.198. The van der Waals surface area contributed by atoms with Crippen molar-refractivity contribution in [3.8, 4) is 28.6 Å². The summed E-state index contributed by atoms with van der Waals surface area (Å²) in [5, 5.41) is 16.4. The van der Waals surface area contributed by atoms with E-state index in [1.165, 1.54) is 6.07 Å². The maximum Gasteiger partial charge on any atom is 0.145 e. The van der Waals surface area contributed by atoms with Crippen LogP contribution in [0, 0.1) is 17.1 Å². The van der Waals surface area contributed by atoms with Gasteiger partial charge in [-0.3, -0.25) is 0 Å². The van der Waals surface area contributed by atoms with Crippen molar-refractivity contribution in [1.82, 2.24) is 9.13 Å². The Morgan fingerprint density at radius 2 is 1.19 bits per heavy atom. The lowest BCUT2D eigenvalue weighted by atomic mass is 10.0. The first-order valence-corrected chi connectivity index (χ1v) is 15.8. The summed E-state index contributed by atoms with van der Waals surface area (Å²) < 4.78 is 25.3. The van der Waals surface area contributed by atoms with E-state index in [9.17, 15) is 9.65 Å². The Hall–Kier alpha value is -6.64. The summed E-state index contributed by atoms with van der Waals surface area (Å²) in [4.78, 5) is 0. The van der Waals surface area contributed by atoms with E-state index in [1.54, 1.807) is 6.07 Å². The third kappa shape index (κ3) is 3.74. The largest absolute Gasteiger partial charge is 0.455 e. The first-order chi connectivity index (χ1) is 23.7. The molecule has 0 N–H and O–H groups in total. The van der Waals surface area contributed by atoms with Crippen LogP contribution < -0.4 is 0 Å². The highest BCUT2D eigenvalue weighted by molar-refractivity contribution is 6.23. The van der Waals surface area contributed by atoms with Crippen molar-refractivity contribution < 1.29 is 8.81 Å². The summed E-state index contributed by atoms with van der Waals surface area (Å²) in [7, 11) is 0. The summed E-state index contributed by atoms with van der Waals surface area (Å²) in [5.41, 5.74) is 10.0. The van der Waals surface area contributed by atoms with Gasteiger partial charge in [0, 0.05) is 38.3 Å². The molecule has 0 atom stereocenters. The maximum absolute atomic E-state index is 14.4. The number of hydrogen-bond donors (Lipinski definition) is 0. The maximum atomic E-state index is 14.4. The van der Waals surface area contributed by atoms with E-state index in [2.05, 4.69) is 88.0 Å². The number of nitrogens with zero attached hydrogens (tertiary/aromatic N) is 3. The summed E-state index contributed by atoms with van der Waals surface area (Å²) in [5.74, 6) is -0.278. The van der Waals surface area contributed by atoms with Gasteiger partial charge in [-0.05, 0) is 90.0 Å². The zero-order valence-corrected chi connectivity index (χ0v) is 25.5. The van der Waals surface area contributed by atoms with Crippen LogP contribution in [0.5, 0.6) is 0 Å². The van der Waals surface area contributed by atoms with Gasteiger partial charge in [0.05, 0.1) is 39.1 Å². The van der Waals surface area contributed by atoms with Gasteiger partial charge in [-0.1, -0.05) is 66.7 Å². The Kier molecular flexibility index (Phi) is 5.49. The highest BCUT2D eigenvalue weighted by Crippen LogP contribution is 2.41. The van der Waals surface area contributed by atoms with E-state index in [4.69, 9.17) is 4.42 Å². The normalized spacial score (nSPS) is 11.8. The number of hydrogen-bond acceptors (Lipinski definition) is 2. The second-order valence-electron chi connectivity index (χ2n) is 12.2. The Morgan fingerprint density at radius 1 is 0.500 bits per heavy atom. The zero-order chi connectivity index (χ0) is 31.9. The molecule has 0 aliphatic carbocycles. The Bertz CT molecular complexity index is 2990. The minimum absolute atomic E-state index is 0.278. The average molecular weight is 618 g/mol. The molecular formula is C43H24FN3O. The van der Waals surface area contributed by atoms with Gasteiger partial charge in [0.1, 0.15) is 17.0 Å². The van der Waals surface area contributed by atoms with Gasteiger partial charge in [-0.15, -0.1) is 0 Å². The minimum Gasteiger partial charge on any atom is -0.455 e. The van der Waals surface area contributed by atoms with Crippen molar-refractivity contribution in [1.29, 1.82) is 5.26 Å². The van der Waals surface area contributed by atoms with Gasteiger partial charge in [0.2, 0.25) is 0 Å². The molecule has 3 aromatic heterocycles. The van der Waals surface area contributed by atoms with E-state index in [0.717, 1.165) is 88.1 Å². The second-order valence-corrected chi connectivity index (χ2v) is 12.2. The van der Waals surface area contributed by atoms with Crippen molar-refractivity contribution in [2.75, 3.05) is 0 Å². The molecular weight excluding hydrogens is 593 g/mol. The molecule has 224 valence electrons. The number of halogens is 1. The highest BCUT2D eigenvalue weighted by atomic mass is 19.1. The van der Waals surface area contributed by atoms with Crippen LogP contribution in [0.4, 0.5) is 4.39 Å². The molecule has 0 saturated heterocycles. The van der Waals surface area contributed by atoms with Gasteiger partial charge in [-0.2, -0.15) is 5.26 Å². The fraction of sp³-hybridized carbons (Fsp3) is 0. The van der Waals surface area contributed by atoms with E-state index < -0.39 is 0 Å². The van der Waals surface area contributed by atoms with Crippen LogP contribution in [0.15, 0.2) is 150 Å². The van der Waals surface area contributed by atoms with Gasteiger partial charge >= 0.3 is 0 Å². The molecule has 0 saturated carbocycles. The molecule has 7 aromatic carbocycles. The second kappa shape index (κ2) is 9.93.